The fraction of sp³-hybridized carbons (Fsp3) is 0.125. The van der Waals surface area contributed by atoms with Crippen LogP contribution in [0, 0.1) is 13.8 Å². The summed E-state index contributed by atoms with van der Waals surface area (Å²) in [5.41, 5.74) is 5.31. The molecule has 2 aliphatic rings. The molecule has 0 aromatic heterocycles. The Morgan fingerprint density at radius 3 is 1.26 bits per heavy atom. The number of rotatable bonds is 2. The minimum Gasteiger partial charge on any atom is -0.289 e. The lowest BCUT2D eigenvalue weighted by Crippen LogP contribution is -2.13. The second-order valence-electron chi connectivity index (χ2n) is 8.98. The van der Waals surface area contributed by atoms with Crippen LogP contribution in [0.25, 0.3) is 0 Å². The van der Waals surface area contributed by atoms with Gasteiger partial charge >= 0.3 is 0 Å². The van der Waals surface area contributed by atoms with Gasteiger partial charge in [0.2, 0.25) is 0 Å². The van der Waals surface area contributed by atoms with Crippen molar-refractivity contribution in [1.82, 2.24) is 0 Å². The molecule has 0 amide bonds. The van der Waals surface area contributed by atoms with Gasteiger partial charge in [-0.15, -0.1) is 0 Å². The van der Waals surface area contributed by atoms with Crippen LogP contribution in [0.1, 0.15) is 68.6 Å². The second kappa shape index (κ2) is 7.78. The van der Waals surface area contributed by atoms with Crippen molar-refractivity contribution < 1.29 is 12.3 Å². The minimum atomic E-state index is -1.62. The first-order valence-corrected chi connectivity index (χ1v) is 11.5. The summed E-state index contributed by atoms with van der Waals surface area (Å²) in [6, 6.07) is 29.3. The van der Waals surface area contributed by atoms with Crippen LogP contribution in [0.2, 0.25) is 0 Å². The molecule has 0 aliphatic heterocycles. The Morgan fingerprint density at radius 1 is 0.529 bits per heavy atom. The van der Waals surface area contributed by atoms with Crippen molar-refractivity contribution in [1.29, 1.82) is 0 Å². The molecule has 2 aliphatic carbocycles. The van der Waals surface area contributed by atoms with Gasteiger partial charge in [-0.2, -0.15) is 0 Å². The summed E-state index contributed by atoms with van der Waals surface area (Å²) in [6.07, 6.45) is 0. The summed E-state index contributed by atoms with van der Waals surface area (Å²) in [6.45, 7) is 3.94. The molecule has 0 saturated carbocycles. The molecule has 2 heteroatoms. The normalized spacial score (nSPS) is 26.2. The van der Waals surface area contributed by atoms with Gasteiger partial charge in [-0.3, -0.25) is 9.59 Å². The highest BCUT2D eigenvalue weighted by Crippen LogP contribution is 2.51. The lowest BCUT2D eigenvalue weighted by molar-refractivity contribution is 0.100. The zero-order valence-corrected chi connectivity index (χ0v) is 19.1. The lowest BCUT2D eigenvalue weighted by Gasteiger charge is -2.20. The summed E-state index contributed by atoms with van der Waals surface area (Å²) >= 11 is 0. The third kappa shape index (κ3) is 3.03. The van der Waals surface area contributed by atoms with E-state index in [2.05, 4.69) is 0 Å². The molecule has 0 bridgehead atoms. The smallest absolute Gasteiger partial charge is 0.190 e. The van der Waals surface area contributed by atoms with E-state index in [9.17, 15) is 12.3 Å². The first-order valence-electron chi connectivity index (χ1n) is 12.5. The van der Waals surface area contributed by atoms with E-state index < -0.39 is 11.8 Å². The van der Waals surface area contributed by atoms with Gasteiger partial charge in [0.15, 0.2) is 11.6 Å². The van der Waals surface area contributed by atoms with E-state index in [1.807, 2.05) is 74.5 Å². The van der Waals surface area contributed by atoms with Crippen LogP contribution in [0.4, 0.5) is 0 Å². The summed E-state index contributed by atoms with van der Waals surface area (Å²) < 4.78 is 19.8. The zero-order valence-electron chi connectivity index (χ0n) is 21.1. The monoisotopic (exact) mass is 442 g/mol. The van der Waals surface area contributed by atoms with Crippen LogP contribution in [0.5, 0.6) is 0 Å². The number of fused-ring (bicyclic) bond motifs is 2. The summed E-state index contributed by atoms with van der Waals surface area (Å²) in [5.74, 6) is -3.96. The van der Waals surface area contributed by atoms with Crippen molar-refractivity contribution in [2.24, 2.45) is 0 Å². The Hall–Kier alpha value is -4.04. The van der Waals surface area contributed by atoms with E-state index >= 15 is 0 Å². The van der Waals surface area contributed by atoms with Gasteiger partial charge < -0.3 is 0 Å². The predicted molar refractivity (Wildman–Crippen MR) is 135 cm³/mol. The number of hydrogen-bond acceptors (Lipinski definition) is 2. The van der Waals surface area contributed by atoms with Crippen LogP contribution in [-0.2, 0) is 0 Å². The number of allylic oxidation sites excluding steroid dienone is 2. The number of hydrogen-bond donors (Lipinski definition) is 0. The Balaban J connectivity index is 1.75. The standard InChI is InChI=1S/C32H24O2/c1-19-11-15-21(16-12-19)27-23-7-3-5-9-25(23)31(33)29(27)30-28(22-17-13-20(2)14-18-22)24-8-4-6-10-26(24)32(30)34/h3-18,27-28H,1-2H3/b30-29+/t27-,28-/m1/s1/i27D,28D. The molecular formula is C32H24O2. The lowest BCUT2D eigenvalue weighted by atomic mass is 9.81. The summed E-state index contributed by atoms with van der Waals surface area (Å²) in [4.78, 5) is 28.2. The molecule has 4 aromatic rings. The van der Waals surface area contributed by atoms with Gasteiger partial charge in [-0.25, -0.2) is 0 Å². The maximum Gasteiger partial charge on any atom is 0.190 e. The second-order valence-corrected chi connectivity index (χ2v) is 8.98. The number of carbonyl (C=O) groups is 2. The first-order chi connectivity index (χ1) is 17.3. The molecule has 4 aromatic carbocycles. The summed E-state index contributed by atoms with van der Waals surface area (Å²) in [5, 5.41) is 0. The fourth-order valence-electron chi connectivity index (χ4n) is 5.08. The molecule has 164 valence electrons. The molecule has 0 heterocycles. The van der Waals surface area contributed by atoms with Gasteiger partial charge in [0.25, 0.3) is 0 Å². The van der Waals surface area contributed by atoms with Crippen LogP contribution < -0.4 is 0 Å². The molecule has 0 fully saturated rings. The molecule has 0 unspecified atom stereocenters. The van der Waals surface area contributed by atoms with Crippen molar-refractivity contribution in [2.75, 3.05) is 0 Å². The Bertz CT molecular complexity index is 1480. The van der Waals surface area contributed by atoms with E-state index in [1.165, 1.54) is 0 Å². The highest BCUT2D eigenvalue weighted by molar-refractivity contribution is 6.24. The highest BCUT2D eigenvalue weighted by atomic mass is 16.1. The van der Waals surface area contributed by atoms with Crippen molar-refractivity contribution in [3.05, 3.63) is 153 Å². The molecule has 0 saturated heterocycles. The maximum absolute atomic E-state index is 14.1. The molecular weight excluding hydrogens is 416 g/mol. The average molecular weight is 443 g/mol. The first kappa shape index (κ1) is 18.4. The van der Waals surface area contributed by atoms with Gasteiger partial charge in [0.05, 0.1) is 0 Å². The molecule has 0 spiro atoms. The number of ketones is 2. The topological polar surface area (TPSA) is 34.1 Å². The maximum atomic E-state index is 14.1. The third-order valence-corrected chi connectivity index (χ3v) is 6.77. The van der Waals surface area contributed by atoms with Gasteiger partial charge in [-0.05, 0) is 36.1 Å². The molecule has 2 nitrogen and oxygen atoms in total. The van der Waals surface area contributed by atoms with Crippen LogP contribution in [0.3, 0.4) is 0 Å². The fourth-order valence-corrected chi connectivity index (χ4v) is 5.08. The summed E-state index contributed by atoms with van der Waals surface area (Å²) in [7, 11) is 0. The number of carbonyl (C=O) groups excluding carboxylic acids is 2. The van der Waals surface area contributed by atoms with E-state index in [1.54, 1.807) is 36.4 Å². The molecule has 6 rings (SSSR count). The van der Waals surface area contributed by atoms with Gasteiger partial charge in [0, 0.05) is 36.8 Å². The molecule has 0 N–H and O–H groups in total. The highest BCUT2D eigenvalue weighted by Gasteiger charge is 2.45. The van der Waals surface area contributed by atoms with Crippen LogP contribution in [0.15, 0.2) is 108 Å². The Kier molecular flexibility index (Phi) is 4.21. The Labute approximate surface area is 202 Å². The van der Waals surface area contributed by atoms with E-state index in [4.69, 9.17) is 0 Å². The van der Waals surface area contributed by atoms with E-state index in [0.29, 0.717) is 33.4 Å². The predicted octanol–water partition coefficient (Wildman–Crippen LogP) is 6.96. The minimum absolute atomic E-state index is 0.0735. The number of aryl methyl sites for hydroxylation is 2. The molecule has 2 atom stereocenters. The van der Waals surface area contributed by atoms with Gasteiger partial charge in [-0.1, -0.05) is 108 Å². The van der Waals surface area contributed by atoms with Crippen LogP contribution in [-0.4, -0.2) is 11.6 Å². The molecule has 34 heavy (non-hydrogen) atoms. The van der Waals surface area contributed by atoms with Crippen molar-refractivity contribution in [3.63, 3.8) is 0 Å². The SMILES string of the molecule is [2H][C@]1(c2ccc(C)cc2)/C(=C2\C(=O)c3ccccc3[C@@]2([2H])c2ccc(C)cc2)C(=O)c2ccccc21. The van der Waals surface area contributed by atoms with E-state index in [0.717, 1.165) is 11.1 Å². The average Bonchev–Trinajstić information content (AvgIpc) is 3.25. The van der Waals surface area contributed by atoms with E-state index in [-0.39, 0.29) is 22.7 Å². The molecule has 0 radical (unpaired) electrons. The quantitative estimate of drug-likeness (QED) is 0.315. The third-order valence-electron chi connectivity index (χ3n) is 6.77. The van der Waals surface area contributed by atoms with Crippen molar-refractivity contribution in [3.8, 4) is 0 Å². The van der Waals surface area contributed by atoms with Crippen molar-refractivity contribution >= 4 is 11.6 Å². The number of benzene rings is 4. The van der Waals surface area contributed by atoms with Crippen LogP contribution >= 0.6 is 0 Å². The number of Topliss-reactive ketones (excluding diaryl/α,β-unsaturated/α-hetero) is 2. The Morgan fingerprint density at radius 2 is 0.882 bits per heavy atom. The zero-order chi connectivity index (χ0) is 25.2. The largest absolute Gasteiger partial charge is 0.289 e. The van der Waals surface area contributed by atoms with Crippen molar-refractivity contribution in [2.45, 2.75) is 25.6 Å². The van der Waals surface area contributed by atoms with Gasteiger partial charge in [0.1, 0.15) is 0 Å².